The fraction of sp³-hybridized carbons (Fsp3) is 0.389. The van der Waals surface area contributed by atoms with Crippen molar-refractivity contribution >= 4 is 0 Å². The molecule has 0 saturated carbocycles. The number of hydrogen-bond donors (Lipinski definition) is 1. The summed E-state index contributed by atoms with van der Waals surface area (Å²) in [5.74, 6) is -0.388. The molecule has 1 saturated heterocycles. The maximum absolute atomic E-state index is 13.7. The number of rotatable bonds is 3. The molecule has 7 heteroatoms. The zero-order valence-electron chi connectivity index (χ0n) is 13.4. The Hall–Kier alpha value is -1.99. The summed E-state index contributed by atoms with van der Waals surface area (Å²) in [6, 6.07) is 7.68. The van der Waals surface area contributed by atoms with E-state index >= 15 is 0 Å². The normalized spacial score (nSPS) is 18.3. The Kier molecular flexibility index (Phi) is 4.79. The van der Waals surface area contributed by atoms with Gasteiger partial charge in [0.15, 0.2) is 0 Å². The van der Waals surface area contributed by atoms with Crippen molar-refractivity contribution in [2.24, 2.45) is 0 Å². The molecule has 1 aromatic carbocycles. The van der Waals surface area contributed by atoms with Crippen molar-refractivity contribution in [2.45, 2.75) is 31.2 Å². The Bertz CT molecular complexity index is 740. The molecule has 0 radical (unpaired) electrons. The average Bonchev–Trinajstić information content (AvgIpc) is 2.58. The lowest BCUT2D eigenvalue weighted by Gasteiger charge is -2.38. The van der Waals surface area contributed by atoms with E-state index in [1.165, 1.54) is 30.5 Å². The fourth-order valence-corrected chi connectivity index (χ4v) is 3.10. The molecule has 2 aromatic rings. The van der Waals surface area contributed by atoms with Gasteiger partial charge in [-0.3, -0.25) is 9.88 Å². The molecule has 0 aliphatic carbocycles. The number of piperidine rings is 1. The number of alkyl halides is 3. The Balaban J connectivity index is 1.69. The third-order valence-corrected chi connectivity index (χ3v) is 4.62. The molecule has 134 valence electrons. The first kappa shape index (κ1) is 17.8. The first-order valence-electron chi connectivity index (χ1n) is 8.00. The standard InChI is InChI=1S/C18H18F4N2O/c19-15-5-2-8-23-16(15)12-24-9-6-17(25,7-10-24)13-3-1-4-14(11-13)18(20,21)22/h1-5,8,11,25H,6-7,9-10,12H2. The summed E-state index contributed by atoms with van der Waals surface area (Å²) in [6.07, 6.45) is -2.36. The summed E-state index contributed by atoms with van der Waals surface area (Å²) in [5.41, 5.74) is -1.48. The van der Waals surface area contributed by atoms with E-state index in [1.807, 2.05) is 4.90 Å². The largest absolute Gasteiger partial charge is 0.416 e. The van der Waals surface area contributed by atoms with Gasteiger partial charge in [0.2, 0.25) is 0 Å². The van der Waals surface area contributed by atoms with Gasteiger partial charge in [0.1, 0.15) is 5.82 Å². The lowest BCUT2D eigenvalue weighted by molar-refractivity contribution is -0.137. The summed E-state index contributed by atoms with van der Waals surface area (Å²) in [5, 5.41) is 10.8. The number of pyridine rings is 1. The summed E-state index contributed by atoms with van der Waals surface area (Å²) in [4.78, 5) is 5.94. The maximum atomic E-state index is 13.7. The lowest BCUT2D eigenvalue weighted by atomic mass is 9.83. The number of nitrogens with zero attached hydrogens (tertiary/aromatic N) is 2. The number of aliphatic hydroxyl groups is 1. The molecule has 3 rings (SSSR count). The highest BCUT2D eigenvalue weighted by Gasteiger charge is 2.37. The first-order valence-corrected chi connectivity index (χ1v) is 8.00. The smallest absolute Gasteiger partial charge is 0.385 e. The van der Waals surface area contributed by atoms with Crippen molar-refractivity contribution in [1.82, 2.24) is 9.88 Å². The van der Waals surface area contributed by atoms with Gasteiger partial charge in [0.05, 0.1) is 16.9 Å². The lowest BCUT2D eigenvalue weighted by Crippen LogP contribution is -2.42. The van der Waals surface area contributed by atoms with Gasteiger partial charge in [-0.25, -0.2) is 4.39 Å². The van der Waals surface area contributed by atoms with Crippen LogP contribution in [0.1, 0.15) is 29.7 Å². The summed E-state index contributed by atoms with van der Waals surface area (Å²) in [6.45, 7) is 1.21. The van der Waals surface area contributed by atoms with E-state index in [4.69, 9.17) is 0 Å². The van der Waals surface area contributed by atoms with Gasteiger partial charge in [0, 0.05) is 25.8 Å². The topological polar surface area (TPSA) is 36.4 Å². The predicted molar refractivity (Wildman–Crippen MR) is 84.0 cm³/mol. The minimum absolute atomic E-state index is 0.269. The van der Waals surface area contributed by atoms with Gasteiger partial charge in [-0.2, -0.15) is 13.2 Å². The molecule has 0 atom stereocenters. The van der Waals surface area contributed by atoms with Crippen LogP contribution in [0, 0.1) is 5.82 Å². The van der Waals surface area contributed by atoms with Crippen LogP contribution in [0.4, 0.5) is 17.6 Å². The third-order valence-electron chi connectivity index (χ3n) is 4.62. The van der Waals surface area contributed by atoms with Crippen LogP contribution in [0.3, 0.4) is 0 Å². The number of halogens is 4. The monoisotopic (exact) mass is 354 g/mol. The van der Waals surface area contributed by atoms with Gasteiger partial charge < -0.3 is 5.11 Å². The number of hydrogen-bond acceptors (Lipinski definition) is 3. The number of aromatic nitrogens is 1. The van der Waals surface area contributed by atoms with E-state index in [9.17, 15) is 22.7 Å². The second kappa shape index (κ2) is 6.72. The first-order chi connectivity index (χ1) is 11.8. The van der Waals surface area contributed by atoms with Crippen molar-refractivity contribution in [1.29, 1.82) is 0 Å². The molecule has 1 aliphatic rings. The van der Waals surface area contributed by atoms with Crippen LogP contribution in [0.15, 0.2) is 42.6 Å². The fourth-order valence-electron chi connectivity index (χ4n) is 3.10. The number of likely N-dealkylation sites (tertiary alicyclic amines) is 1. The Labute approximate surface area is 142 Å². The number of benzene rings is 1. The van der Waals surface area contributed by atoms with Crippen LogP contribution in [-0.2, 0) is 18.3 Å². The van der Waals surface area contributed by atoms with E-state index < -0.39 is 17.3 Å². The molecule has 1 aromatic heterocycles. The van der Waals surface area contributed by atoms with Crippen LogP contribution in [0.25, 0.3) is 0 Å². The summed E-state index contributed by atoms with van der Waals surface area (Å²) in [7, 11) is 0. The highest BCUT2D eigenvalue weighted by Crippen LogP contribution is 2.37. The van der Waals surface area contributed by atoms with Crippen LogP contribution in [-0.4, -0.2) is 28.1 Å². The minimum Gasteiger partial charge on any atom is -0.385 e. The third kappa shape index (κ3) is 3.99. The summed E-state index contributed by atoms with van der Waals surface area (Å²) >= 11 is 0. The molecule has 0 bridgehead atoms. The molecular weight excluding hydrogens is 336 g/mol. The second-order valence-electron chi connectivity index (χ2n) is 6.32. The summed E-state index contributed by atoms with van der Waals surface area (Å²) < 4.78 is 52.3. The molecule has 1 N–H and O–H groups in total. The van der Waals surface area contributed by atoms with Crippen LogP contribution < -0.4 is 0 Å². The molecule has 1 fully saturated rings. The van der Waals surface area contributed by atoms with Crippen molar-refractivity contribution in [3.8, 4) is 0 Å². The van der Waals surface area contributed by atoms with Crippen molar-refractivity contribution in [3.63, 3.8) is 0 Å². The van der Waals surface area contributed by atoms with Gasteiger partial charge in [0.25, 0.3) is 0 Å². The quantitative estimate of drug-likeness (QED) is 0.854. The predicted octanol–water partition coefficient (Wildman–Crippen LogP) is 3.72. The van der Waals surface area contributed by atoms with Crippen LogP contribution in [0.2, 0.25) is 0 Å². The van der Waals surface area contributed by atoms with Gasteiger partial charge >= 0.3 is 6.18 Å². The minimum atomic E-state index is -4.44. The van der Waals surface area contributed by atoms with Gasteiger partial charge in [-0.15, -0.1) is 0 Å². The molecule has 0 unspecified atom stereocenters. The van der Waals surface area contributed by atoms with Crippen molar-refractivity contribution in [2.75, 3.05) is 13.1 Å². The van der Waals surface area contributed by atoms with Crippen molar-refractivity contribution in [3.05, 3.63) is 65.2 Å². The van der Waals surface area contributed by atoms with E-state index in [0.717, 1.165) is 12.1 Å². The Morgan fingerprint density at radius 3 is 2.48 bits per heavy atom. The van der Waals surface area contributed by atoms with Gasteiger partial charge in [-0.1, -0.05) is 12.1 Å². The highest BCUT2D eigenvalue weighted by atomic mass is 19.4. The Morgan fingerprint density at radius 2 is 1.84 bits per heavy atom. The molecule has 25 heavy (non-hydrogen) atoms. The van der Waals surface area contributed by atoms with E-state index in [-0.39, 0.29) is 24.2 Å². The zero-order valence-corrected chi connectivity index (χ0v) is 13.4. The van der Waals surface area contributed by atoms with Crippen molar-refractivity contribution < 1.29 is 22.7 Å². The van der Waals surface area contributed by atoms with E-state index in [2.05, 4.69) is 4.98 Å². The average molecular weight is 354 g/mol. The van der Waals surface area contributed by atoms with Crippen LogP contribution in [0.5, 0.6) is 0 Å². The van der Waals surface area contributed by atoms with E-state index in [1.54, 1.807) is 0 Å². The second-order valence-corrected chi connectivity index (χ2v) is 6.32. The molecule has 1 aliphatic heterocycles. The van der Waals surface area contributed by atoms with Crippen LogP contribution >= 0.6 is 0 Å². The van der Waals surface area contributed by atoms with Gasteiger partial charge in [-0.05, 0) is 42.7 Å². The molecule has 2 heterocycles. The highest BCUT2D eigenvalue weighted by molar-refractivity contribution is 5.30. The SMILES string of the molecule is OC1(c2cccc(C(F)(F)F)c2)CCN(Cc2ncccc2F)CC1. The Morgan fingerprint density at radius 1 is 1.12 bits per heavy atom. The maximum Gasteiger partial charge on any atom is 0.416 e. The van der Waals surface area contributed by atoms with E-state index in [0.29, 0.717) is 25.3 Å². The zero-order chi connectivity index (χ0) is 18.1. The molecule has 0 spiro atoms. The molecule has 3 nitrogen and oxygen atoms in total. The molecular formula is C18H18F4N2O. The molecule has 0 amide bonds.